The Bertz CT molecular complexity index is 482. The Hall–Kier alpha value is 0.360. The fraction of sp³-hybridized carbons (Fsp3) is 0.250. The lowest BCUT2D eigenvalue weighted by Gasteiger charge is -2.18. The van der Waals surface area contributed by atoms with Crippen LogP contribution in [0.15, 0.2) is 48.5 Å². The first kappa shape index (κ1) is 16.7. The van der Waals surface area contributed by atoms with E-state index in [2.05, 4.69) is 112 Å². The average molecular weight is 526 g/mol. The molecule has 0 aromatic heterocycles. The van der Waals surface area contributed by atoms with Crippen molar-refractivity contribution in [2.45, 2.75) is 20.3 Å². The monoisotopic (exact) mass is 522 g/mol. The summed E-state index contributed by atoms with van der Waals surface area (Å²) in [5.41, 5.74) is 5.14. The number of hydrogen-bond acceptors (Lipinski definition) is 0. The lowest BCUT2D eigenvalue weighted by molar-refractivity contribution is 0.936. The molecule has 0 aliphatic carbocycles. The highest BCUT2D eigenvalue weighted by Gasteiger charge is 2.19. The van der Waals surface area contributed by atoms with E-state index in [4.69, 9.17) is 0 Å². The van der Waals surface area contributed by atoms with Crippen molar-refractivity contribution >= 4 is 63.7 Å². The van der Waals surface area contributed by atoms with Crippen molar-refractivity contribution in [1.82, 2.24) is 0 Å². The first-order valence-corrected chi connectivity index (χ1v) is 10.3. The predicted octanol–water partition coefficient (Wildman–Crippen LogP) is 7.05. The van der Waals surface area contributed by atoms with E-state index in [1.807, 2.05) is 0 Å². The molecule has 2 atom stereocenters. The predicted molar refractivity (Wildman–Crippen MR) is 101 cm³/mol. The highest BCUT2D eigenvalue weighted by atomic mass is 79.9. The summed E-state index contributed by atoms with van der Waals surface area (Å²) in [7, 11) is 0. The summed E-state index contributed by atoms with van der Waals surface area (Å²) in [5, 5.41) is 1.79. The van der Waals surface area contributed by atoms with Crippen molar-refractivity contribution in [1.29, 1.82) is 0 Å². The fourth-order valence-electron chi connectivity index (χ4n) is 1.92. The second-order valence-corrected chi connectivity index (χ2v) is 7.65. The van der Waals surface area contributed by atoms with Crippen LogP contribution < -0.4 is 0 Å². The molecule has 0 nitrogen and oxygen atoms in total. The molecule has 2 aromatic rings. The Morgan fingerprint density at radius 1 is 0.600 bits per heavy atom. The Morgan fingerprint density at radius 2 is 0.900 bits per heavy atom. The average Bonchev–Trinajstić information content (AvgIpc) is 2.53. The minimum atomic E-state index is 0.252. The minimum absolute atomic E-state index is 0.252. The molecule has 0 heterocycles. The Kier molecular flexibility index (Phi) is 6.79. The number of rotatable bonds is 5. The van der Waals surface area contributed by atoms with Gasteiger partial charge in [0.1, 0.15) is 0 Å². The molecule has 2 aromatic carbocycles. The highest BCUT2D eigenvalue weighted by molar-refractivity contribution is 9.12. The van der Waals surface area contributed by atoms with Crippen molar-refractivity contribution in [2.24, 2.45) is 0 Å². The number of halogens is 4. The molecular formula is C16H14Br4. The summed E-state index contributed by atoms with van der Waals surface area (Å²) in [6, 6.07) is 17.3. The van der Waals surface area contributed by atoms with Gasteiger partial charge in [-0.05, 0) is 22.3 Å². The molecule has 0 spiro atoms. The van der Waals surface area contributed by atoms with Gasteiger partial charge in [-0.1, -0.05) is 112 Å². The van der Waals surface area contributed by atoms with Gasteiger partial charge in [-0.2, -0.15) is 0 Å². The van der Waals surface area contributed by atoms with E-state index in [0.29, 0.717) is 0 Å². The number of benzene rings is 2. The van der Waals surface area contributed by atoms with Crippen LogP contribution in [0.4, 0.5) is 0 Å². The van der Waals surface area contributed by atoms with Gasteiger partial charge in [-0.25, -0.2) is 0 Å². The van der Waals surface area contributed by atoms with Crippen LogP contribution in [0, 0.1) is 0 Å². The van der Waals surface area contributed by atoms with Crippen molar-refractivity contribution in [2.75, 3.05) is 0 Å². The molecule has 106 valence electrons. The molecular weight excluding hydrogens is 512 g/mol. The molecule has 0 amide bonds. The highest BCUT2D eigenvalue weighted by Crippen LogP contribution is 2.42. The summed E-state index contributed by atoms with van der Waals surface area (Å²) in [4.78, 5) is 0.503. The van der Waals surface area contributed by atoms with E-state index in [9.17, 15) is 0 Å². The smallest absolute Gasteiger partial charge is 0.0561 e. The molecule has 4 heteroatoms. The summed E-state index contributed by atoms with van der Waals surface area (Å²) >= 11 is 14.6. The van der Waals surface area contributed by atoms with Crippen LogP contribution >= 0.6 is 63.7 Å². The molecule has 0 unspecified atom stereocenters. The van der Waals surface area contributed by atoms with Crippen LogP contribution in [-0.4, -0.2) is 0 Å². The van der Waals surface area contributed by atoms with Crippen LogP contribution in [0.1, 0.15) is 31.9 Å². The second kappa shape index (κ2) is 8.11. The zero-order chi connectivity index (χ0) is 14.5. The zero-order valence-electron chi connectivity index (χ0n) is 10.7. The molecule has 0 radical (unpaired) electrons. The van der Waals surface area contributed by atoms with Crippen LogP contribution in [-0.2, 0) is 10.7 Å². The van der Waals surface area contributed by atoms with Gasteiger partial charge in [0.25, 0.3) is 0 Å². The molecule has 2 rings (SSSR count). The maximum absolute atomic E-state index is 3.80. The summed E-state index contributed by atoms with van der Waals surface area (Å²) in [6.07, 6.45) is 0. The summed E-state index contributed by atoms with van der Waals surface area (Å²) < 4.78 is 0. The molecule has 0 aliphatic rings. The largest absolute Gasteiger partial charge is 0.0876 e. The first-order chi connectivity index (χ1) is 9.65. The van der Waals surface area contributed by atoms with Gasteiger partial charge in [0, 0.05) is 10.7 Å². The normalized spacial score (nSPS) is 14.0. The second-order valence-electron chi connectivity index (χ2n) is 4.55. The maximum atomic E-state index is 3.80. The maximum Gasteiger partial charge on any atom is 0.0561 e. The third kappa shape index (κ3) is 4.19. The molecule has 0 fully saturated rings. The van der Waals surface area contributed by atoms with E-state index in [0.717, 1.165) is 10.7 Å². The van der Waals surface area contributed by atoms with Gasteiger partial charge in [0.05, 0.1) is 9.65 Å². The SMILES string of the molecule is BrCc1ccc([C@H](Br)[C@@H](Br)c2ccc(CBr)cc2)cc1. The van der Waals surface area contributed by atoms with Crippen molar-refractivity contribution < 1.29 is 0 Å². The summed E-state index contributed by atoms with van der Waals surface area (Å²) in [6.45, 7) is 0. The standard InChI is InChI=1S/C16H14Br4/c17-9-11-1-5-13(6-2-11)15(19)16(20)14-7-3-12(10-18)4-8-14/h1-8,15-16H,9-10H2/t15-,16-/m0/s1. The van der Waals surface area contributed by atoms with Crippen LogP contribution in [0.2, 0.25) is 0 Å². The third-order valence-corrected chi connectivity index (χ3v) is 7.28. The molecule has 0 aliphatic heterocycles. The van der Waals surface area contributed by atoms with E-state index < -0.39 is 0 Å². The van der Waals surface area contributed by atoms with Crippen molar-refractivity contribution in [3.8, 4) is 0 Å². The zero-order valence-corrected chi connectivity index (χ0v) is 17.0. The Labute approximate surface area is 153 Å². The van der Waals surface area contributed by atoms with Gasteiger partial charge in [0.2, 0.25) is 0 Å². The van der Waals surface area contributed by atoms with Crippen molar-refractivity contribution in [3.63, 3.8) is 0 Å². The topological polar surface area (TPSA) is 0 Å². The quantitative estimate of drug-likeness (QED) is 0.367. The Balaban J connectivity index is 2.15. The Morgan fingerprint density at radius 3 is 1.15 bits per heavy atom. The van der Waals surface area contributed by atoms with Gasteiger partial charge >= 0.3 is 0 Å². The fourth-order valence-corrected chi connectivity index (χ4v) is 3.89. The molecule has 20 heavy (non-hydrogen) atoms. The number of alkyl halides is 4. The first-order valence-electron chi connectivity index (χ1n) is 6.23. The van der Waals surface area contributed by atoms with Crippen molar-refractivity contribution in [3.05, 3.63) is 70.8 Å². The van der Waals surface area contributed by atoms with Crippen LogP contribution in [0.25, 0.3) is 0 Å². The van der Waals surface area contributed by atoms with E-state index in [1.165, 1.54) is 22.3 Å². The van der Waals surface area contributed by atoms with Gasteiger partial charge in [-0.3, -0.25) is 0 Å². The van der Waals surface area contributed by atoms with Gasteiger partial charge in [0.15, 0.2) is 0 Å². The lowest BCUT2D eigenvalue weighted by Crippen LogP contribution is -1.99. The van der Waals surface area contributed by atoms with Gasteiger partial charge < -0.3 is 0 Å². The third-order valence-electron chi connectivity index (χ3n) is 3.16. The van der Waals surface area contributed by atoms with Crippen LogP contribution in [0.3, 0.4) is 0 Å². The molecule has 0 saturated carbocycles. The minimum Gasteiger partial charge on any atom is -0.0876 e. The molecule has 0 N–H and O–H groups in total. The van der Waals surface area contributed by atoms with E-state index in [-0.39, 0.29) is 9.65 Å². The molecule has 0 saturated heterocycles. The van der Waals surface area contributed by atoms with Gasteiger partial charge in [-0.15, -0.1) is 0 Å². The summed E-state index contributed by atoms with van der Waals surface area (Å²) in [5.74, 6) is 0. The van der Waals surface area contributed by atoms with Crippen LogP contribution in [0.5, 0.6) is 0 Å². The molecule has 0 bridgehead atoms. The van der Waals surface area contributed by atoms with E-state index >= 15 is 0 Å². The lowest BCUT2D eigenvalue weighted by atomic mass is 10.0. The number of hydrogen-bond donors (Lipinski definition) is 0. The van der Waals surface area contributed by atoms with E-state index in [1.54, 1.807) is 0 Å².